The van der Waals surface area contributed by atoms with Crippen LogP contribution in [0.25, 0.3) is 22.3 Å². The molecule has 3 heterocycles. The summed E-state index contributed by atoms with van der Waals surface area (Å²) in [6.07, 6.45) is 2.60. The molecule has 0 spiro atoms. The molecule has 0 unspecified atom stereocenters. The average molecular weight is 494 g/mol. The molecule has 4 rings (SSSR count). The van der Waals surface area contributed by atoms with Crippen molar-refractivity contribution in [2.75, 3.05) is 22.4 Å². The zero-order chi connectivity index (χ0) is 24.7. The molecule has 1 aromatic carbocycles. The van der Waals surface area contributed by atoms with E-state index in [1.54, 1.807) is 18.2 Å². The lowest BCUT2D eigenvalue weighted by molar-refractivity contribution is -0.0437. The SMILES string of the molecule is CN(c1ncccc1CNc1c(N)cnc2[nH]c(-c3ccc(F)cc3)cc12)S(=O)(=O)C(F)(F)F. The van der Waals surface area contributed by atoms with Crippen LogP contribution in [0.2, 0.25) is 0 Å². The van der Waals surface area contributed by atoms with Crippen molar-refractivity contribution < 1.29 is 26.0 Å². The number of alkyl halides is 3. The van der Waals surface area contributed by atoms with E-state index in [1.807, 2.05) is 0 Å². The van der Waals surface area contributed by atoms with E-state index >= 15 is 0 Å². The second-order valence-electron chi connectivity index (χ2n) is 7.30. The van der Waals surface area contributed by atoms with Crippen molar-refractivity contribution in [3.05, 3.63) is 66.2 Å². The van der Waals surface area contributed by atoms with Gasteiger partial charge >= 0.3 is 15.5 Å². The highest BCUT2D eigenvalue weighted by Crippen LogP contribution is 2.34. The lowest BCUT2D eigenvalue weighted by atomic mass is 10.1. The number of fused-ring (bicyclic) bond motifs is 1. The van der Waals surface area contributed by atoms with Crippen LogP contribution in [0.3, 0.4) is 0 Å². The quantitative estimate of drug-likeness (QED) is 0.345. The maximum atomic E-state index is 13.3. The summed E-state index contributed by atoms with van der Waals surface area (Å²) in [4.78, 5) is 11.2. The van der Waals surface area contributed by atoms with Gasteiger partial charge in [-0.25, -0.2) is 18.7 Å². The van der Waals surface area contributed by atoms with E-state index in [2.05, 4.69) is 20.3 Å². The van der Waals surface area contributed by atoms with Gasteiger partial charge in [-0.2, -0.15) is 21.6 Å². The van der Waals surface area contributed by atoms with E-state index in [4.69, 9.17) is 5.73 Å². The van der Waals surface area contributed by atoms with Gasteiger partial charge in [-0.15, -0.1) is 0 Å². The van der Waals surface area contributed by atoms with E-state index in [0.717, 1.165) is 7.05 Å². The van der Waals surface area contributed by atoms with Crippen molar-refractivity contribution >= 4 is 38.2 Å². The van der Waals surface area contributed by atoms with Crippen molar-refractivity contribution in [3.63, 3.8) is 0 Å². The predicted molar refractivity (Wildman–Crippen MR) is 121 cm³/mol. The van der Waals surface area contributed by atoms with Crippen molar-refractivity contribution in [2.45, 2.75) is 12.1 Å². The number of nitrogens with one attached hydrogen (secondary N) is 2. The first-order valence-corrected chi connectivity index (χ1v) is 11.2. The summed E-state index contributed by atoms with van der Waals surface area (Å²) in [7, 11) is -4.85. The van der Waals surface area contributed by atoms with Crippen molar-refractivity contribution in [1.29, 1.82) is 0 Å². The number of nitrogens with zero attached hydrogens (tertiary/aromatic N) is 3. The molecule has 3 aromatic heterocycles. The van der Waals surface area contributed by atoms with Gasteiger partial charge in [0.25, 0.3) is 0 Å². The zero-order valence-corrected chi connectivity index (χ0v) is 18.4. The number of rotatable bonds is 6. The first kappa shape index (κ1) is 23.3. The number of hydrogen-bond acceptors (Lipinski definition) is 6. The number of sulfonamides is 1. The van der Waals surface area contributed by atoms with Crippen LogP contribution in [0.15, 0.2) is 54.9 Å². The number of H-pyrrole nitrogens is 1. The maximum absolute atomic E-state index is 13.3. The van der Waals surface area contributed by atoms with E-state index in [1.165, 1.54) is 36.7 Å². The van der Waals surface area contributed by atoms with Crippen molar-refractivity contribution in [1.82, 2.24) is 15.0 Å². The number of aromatic nitrogens is 3. The first-order valence-electron chi connectivity index (χ1n) is 9.75. The van der Waals surface area contributed by atoms with Crippen LogP contribution in [0, 0.1) is 5.82 Å². The molecule has 0 bridgehead atoms. The number of pyridine rings is 2. The summed E-state index contributed by atoms with van der Waals surface area (Å²) in [5.41, 5.74) is 3.32. The molecule has 178 valence electrons. The van der Waals surface area contributed by atoms with Gasteiger partial charge in [-0.3, -0.25) is 0 Å². The Hall–Kier alpha value is -3.87. The van der Waals surface area contributed by atoms with Crippen LogP contribution in [-0.2, 0) is 16.6 Å². The fourth-order valence-corrected chi connectivity index (χ4v) is 4.08. The normalized spacial score (nSPS) is 12.1. The summed E-state index contributed by atoms with van der Waals surface area (Å²) in [6.45, 7) is -0.0821. The highest BCUT2D eigenvalue weighted by atomic mass is 32.2. The number of nitrogens with two attached hydrogens (primary N) is 1. The van der Waals surface area contributed by atoms with Crippen LogP contribution < -0.4 is 15.4 Å². The van der Waals surface area contributed by atoms with Crippen molar-refractivity contribution in [2.24, 2.45) is 0 Å². The largest absolute Gasteiger partial charge is 0.516 e. The minimum Gasteiger partial charge on any atom is -0.396 e. The summed E-state index contributed by atoms with van der Waals surface area (Å²) in [6, 6.07) is 10.5. The maximum Gasteiger partial charge on any atom is 0.516 e. The Balaban J connectivity index is 1.67. The smallest absolute Gasteiger partial charge is 0.396 e. The third-order valence-corrected chi connectivity index (χ3v) is 6.60. The van der Waals surface area contributed by atoms with E-state index in [0.29, 0.717) is 28.0 Å². The Kier molecular flexibility index (Phi) is 5.81. The number of nitrogen functional groups attached to an aromatic ring is 1. The number of benzene rings is 1. The molecule has 0 atom stereocenters. The zero-order valence-electron chi connectivity index (χ0n) is 17.6. The van der Waals surface area contributed by atoms with E-state index in [-0.39, 0.29) is 33.7 Å². The molecule has 0 radical (unpaired) electrons. The standard InChI is InChI=1S/C21H18F4N6O2S/c1-31(34(32,33)21(23,24)25)20-13(3-2-8-27-20)10-28-18-15-9-17(12-4-6-14(22)7-5-12)30-19(15)29-11-16(18)26/h2-9,11H,10,26H2,1H3,(H2,28,29,30). The molecule has 8 nitrogen and oxygen atoms in total. The first-order chi connectivity index (χ1) is 16.0. The van der Waals surface area contributed by atoms with Crippen LogP contribution in [0.4, 0.5) is 34.8 Å². The number of aromatic amines is 1. The fourth-order valence-electron chi connectivity index (χ4n) is 3.38. The van der Waals surface area contributed by atoms with Gasteiger partial charge in [0.2, 0.25) is 0 Å². The Morgan fingerprint density at radius 3 is 2.53 bits per heavy atom. The molecule has 13 heteroatoms. The van der Waals surface area contributed by atoms with Crippen LogP contribution in [-0.4, -0.2) is 35.9 Å². The molecule has 4 aromatic rings. The second kappa shape index (κ2) is 8.48. The average Bonchev–Trinajstić information content (AvgIpc) is 3.22. The molecule has 0 aliphatic carbocycles. The molecule has 0 aliphatic heterocycles. The van der Waals surface area contributed by atoms with Gasteiger partial charge in [0, 0.05) is 36.4 Å². The molecule has 0 aliphatic rings. The minimum absolute atomic E-state index is 0.0821. The summed E-state index contributed by atoms with van der Waals surface area (Å²) in [5.74, 6) is -0.758. The molecule has 0 amide bonds. The van der Waals surface area contributed by atoms with Gasteiger partial charge in [0.05, 0.1) is 17.6 Å². The molecule has 0 saturated heterocycles. The molecular weight excluding hydrogens is 476 g/mol. The fraction of sp³-hybridized carbons (Fsp3) is 0.143. The third-order valence-electron chi connectivity index (χ3n) is 5.12. The lowest BCUT2D eigenvalue weighted by Gasteiger charge is -2.22. The number of anilines is 3. The van der Waals surface area contributed by atoms with Gasteiger partial charge in [-0.05, 0) is 42.0 Å². The summed E-state index contributed by atoms with van der Waals surface area (Å²) in [5, 5.41) is 3.63. The van der Waals surface area contributed by atoms with Crippen LogP contribution in [0.1, 0.15) is 5.56 Å². The summed E-state index contributed by atoms with van der Waals surface area (Å²) >= 11 is 0. The van der Waals surface area contributed by atoms with Crippen LogP contribution in [0.5, 0.6) is 0 Å². The van der Waals surface area contributed by atoms with Gasteiger partial charge in [0.1, 0.15) is 17.3 Å². The predicted octanol–water partition coefficient (Wildman–Crippen LogP) is 4.24. The van der Waals surface area contributed by atoms with E-state index < -0.39 is 15.5 Å². The Bertz CT molecular complexity index is 1450. The number of hydrogen-bond donors (Lipinski definition) is 3. The Morgan fingerprint density at radius 2 is 1.85 bits per heavy atom. The van der Waals surface area contributed by atoms with Gasteiger partial charge in [0.15, 0.2) is 0 Å². The minimum atomic E-state index is -5.63. The van der Waals surface area contributed by atoms with Crippen molar-refractivity contribution in [3.8, 4) is 11.3 Å². The molecule has 4 N–H and O–H groups in total. The van der Waals surface area contributed by atoms with Gasteiger partial charge < -0.3 is 16.0 Å². The molecular formula is C21H18F4N6O2S. The molecule has 34 heavy (non-hydrogen) atoms. The molecule has 0 saturated carbocycles. The third kappa shape index (κ3) is 4.21. The Morgan fingerprint density at radius 1 is 1.15 bits per heavy atom. The number of halogens is 4. The lowest BCUT2D eigenvalue weighted by Crippen LogP contribution is -2.39. The van der Waals surface area contributed by atoms with E-state index in [9.17, 15) is 26.0 Å². The molecule has 0 fully saturated rings. The highest BCUT2D eigenvalue weighted by molar-refractivity contribution is 7.93. The van der Waals surface area contributed by atoms with Gasteiger partial charge in [-0.1, -0.05) is 6.07 Å². The topological polar surface area (TPSA) is 117 Å². The highest BCUT2D eigenvalue weighted by Gasteiger charge is 2.49. The Labute approximate surface area is 191 Å². The monoisotopic (exact) mass is 494 g/mol. The summed E-state index contributed by atoms with van der Waals surface area (Å²) < 4.78 is 76.1. The second-order valence-corrected chi connectivity index (χ2v) is 9.26. The van der Waals surface area contributed by atoms with Crippen LogP contribution >= 0.6 is 0 Å².